The van der Waals surface area contributed by atoms with Crippen LogP contribution in [-0.4, -0.2) is 36.1 Å². The molecule has 3 aliphatic carbocycles. The molecule has 2 amide bonds. The molecule has 194 valence electrons. The van der Waals surface area contributed by atoms with E-state index >= 15 is 0 Å². The van der Waals surface area contributed by atoms with Crippen molar-refractivity contribution in [3.05, 3.63) is 35.6 Å². The van der Waals surface area contributed by atoms with Crippen LogP contribution in [0.3, 0.4) is 0 Å². The number of halogens is 1. The summed E-state index contributed by atoms with van der Waals surface area (Å²) in [6.07, 6.45) is 11.1. The van der Waals surface area contributed by atoms with Gasteiger partial charge in [-0.25, -0.2) is 14.2 Å². The second-order valence-corrected chi connectivity index (χ2v) is 11.3. The molecule has 0 spiro atoms. The van der Waals surface area contributed by atoms with E-state index in [1.165, 1.54) is 43.5 Å². The van der Waals surface area contributed by atoms with Crippen LogP contribution in [0.15, 0.2) is 24.3 Å². The van der Waals surface area contributed by atoms with Crippen LogP contribution in [-0.2, 0) is 14.6 Å². The highest BCUT2D eigenvalue weighted by Gasteiger charge is 2.50. The van der Waals surface area contributed by atoms with E-state index in [-0.39, 0.29) is 35.4 Å². The molecule has 0 heterocycles. The van der Waals surface area contributed by atoms with E-state index in [0.717, 1.165) is 38.5 Å². The second-order valence-electron chi connectivity index (χ2n) is 11.3. The molecule has 0 saturated heterocycles. The summed E-state index contributed by atoms with van der Waals surface area (Å²) in [4.78, 5) is 37.0. The second kappa shape index (κ2) is 11.8. The number of benzene rings is 1. The van der Waals surface area contributed by atoms with Crippen LogP contribution in [0, 0.1) is 23.6 Å². The van der Waals surface area contributed by atoms with Gasteiger partial charge in [-0.15, -0.1) is 0 Å². The number of carbonyl (C=O) groups excluding carboxylic acids is 2. The fraction of sp³-hybridized carbons (Fsp3) is 0.714. The van der Waals surface area contributed by atoms with E-state index in [0.29, 0.717) is 42.7 Å². The van der Waals surface area contributed by atoms with Crippen molar-refractivity contribution in [2.75, 3.05) is 6.54 Å². The molecule has 7 heteroatoms. The molecule has 2 bridgehead atoms. The van der Waals surface area contributed by atoms with Crippen molar-refractivity contribution in [1.29, 1.82) is 0 Å². The van der Waals surface area contributed by atoms with E-state index in [9.17, 15) is 14.0 Å². The van der Waals surface area contributed by atoms with Crippen LogP contribution in [0.4, 0.5) is 4.39 Å². The molecule has 1 aromatic rings. The molecule has 4 rings (SSSR count). The Balaban J connectivity index is 1.23. The third-order valence-corrected chi connectivity index (χ3v) is 8.07. The Labute approximate surface area is 208 Å². The van der Waals surface area contributed by atoms with Gasteiger partial charge in [-0.2, -0.15) is 0 Å². The summed E-state index contributed by atoms with van der Waals surface area (Å²) in [6.45, 7) is 4.90. The lowest BCUT2D eigenvalue weighted by Gasteiger charge is -2.53. The summed E-state index contributed by atoms with van der Waals surface area (Å²) in [6, 6.07) is 5.45. The number of rotatable bonds is 9. The zero-order valence-corrected chi connectivity index (χ0v) is 21.2. The van der Waals surface area contributed by atoms with Gasteiger partial charge in [-0.1, -0.05) is 33.1 Å². The van der Waals surface area contributed by atoms with Gasteiger partial charge in [0.15, 0.2) is 0 Å². The summed E-state index contributed by atoms with van der Waals surface area (Å²) >= 11 is 0. The zero-order valence-electron chi connectivity index (χ0n) is 21.2. The number of hydrogen-bond donors (Lipinski definition) is 2. The number of carbonyl (C=O) groups is 2. The van der Waals surface area contributed by atoms with E-state index in [1.807, 2.05) is 0 Å². The normalized spacial score (nSPS) is 31.1. The van der Waals surface area contributed by atoms with E-state index in [2.05, 4.69) is 24.5 Å². The highest BCUT2D eigenvalue weighted by molar-refractivity contribution is 5.94. The summed E-state index contributed by atoms with van der Waals surface area (Å²) in [7, 11) is 0. The van der Waals surface area contributed by atoms with Gasteiger partial charge in [0.25, 0.3) is 5.91 Å². The Hall–Kier alpha value is -1.99. The summed E-state index contributed by atoms with van der Waals surface area (Å²) in [5.41, 5.74) is 0.235. The fourth-order valence-corrected chi connectivity index (χ4v) is 6.69. The minimum atomic E-state index is -0.372. The first-order valence-corrected chi connectivity index (χ1v) is 13.5. The Morgan fingerprint density at radius 2 is 1.77 bits per heavy atom. The monoisotopic (exact) mass is 488 g/mol. The molecule has 5 unspecified atom stereocenters. The molecule has 0 aliphatic heterocycles. The number of amides is 2. The van der Waals surface area contributed by atoms with Crippen molar-refractivity contribution in [3.63, 3.8) is 0 Å². The number of nitrogens with one attached hydrogen (secondary N) is 2. The van der Waals surface area contributed by atoms with E-state index in [4.69, 9.17) is 9.78 Å². The van der Waals surface area contributed by atoms with Crippen molar-refractivity contribution in [2.24, 2.45) is 17.8 Å². The molecule has 2 N–H and O–H groups in total. The van der Waals surface area contributed by atoms with Crippen LogP contribution in [0.25, 0.3) is 0 Å². The van der Waals surface area contributed by atoms with Gasteiger partial charge in [-0.3, -0.25) is 9.59 Å². The molecule has 35 heavy (non-hydrogen) atoms. The zero-order chi connectivity index (χ0) is 24.8. The molecule has 0 aromatic heterocycles. The maximum Gasteiger partial charge on any atom is 0.251 e. The van der Waals surface area contributed by atoms with E-state index < -0.39 is 0 Å². The SMILES string of the molecule is CC1CC2CC(NC(=O)CCCNC(=O)c3ccc(F)cc3)(C1)CC(C)C2OOC1CCCCC1. The molecule has 0 radical (unpaired) electrons. The minimum absolute atomic E-state index is 0.0407. The van der Waals surface area contributed by atoms with E-state index in [1.54, 1.807) is 0 Å². The molecule has 3 fully saturated rings. The standard InChI is InChI=1S/C28H41FN2O4/c1-19-15-22-18-28(16-19,17-20(2)26(22)35-34-24-7-4-3-5-8-24)31-25(32)9-6-14-30-27(33)21-10-12-23(29)13-11-21/h10-13,19-20,22,24,26H,3-9,14-18H2,1-2H3,(H,30,33)(H,31,32). The van der Waals surface area contributed by atoms with Gasteiger partial charge in [0.2, 0.25) is 5.91 Å². The molecule has 5 atom stereocenters. The quantitative estimate of drug-likeness (QED) is 0.280. The number of fused-ring (bicyclic) bond motifs is 2. The maximum atomic E-state index is 13.0. The van der Waals surface area contributed by atoms with Crippen molar-refractivity contribution in [1.82, 2.24) is 10.6 Å². The average Bonchev–Trinajstić information content (AvgIpc) is 2.82. The van der Waals surface area contributed by atoms with Crippen molar-refractivity contribution in [3.8, 4) is 0 Å². The molecule has 6 nitrogen and oxygen atoms in total. The molecular weight excluding hydrogens is 447 g/mol. The van der Waals surface area contributed by atoms with Crippen molar-refractivity contribution in [2.45, 2.75) is 102 Å². The third-order valence-electron chi connectivity index (χ3n) is 8.07. The third kappa shape index (κ3) is 7.04. The van der Waals surface area contributed by atoms with Crippen LogP contribution >= 0.6 is 0 Å². The van der Waals surface area contributed by atoms with Gasteiger partial charge in [0, 0.05) is 24.1 Å². The highest BCUT2D eigenvalue weighted by atomic mass is 19.1. The van der Waals surface area contributed by atoms with Crippen LogP contribution in [0.5, 0.6) is 0 Å². The predicted octanol–water partition coefficient (Wildman–Crippen LogP) is 5.32. The Morgan fingerprint density at radius 3 is 2.51 bits per heavy atom. The summed E-state index contributed by atoms with van der Waals surface area (Å²) in [5.74, 6) is 0.650. The topological polar surface area (TPSA) is 76.7 Å². The average molecular weight is 489 g/mol. The van der Waals surface area contributed by atoms with Crippen LogP contribution in [0.2, 0.25) is 0 Å². The Kier molecular flexibility index (Phi) is 8.82. The minimum Gasteiger partial charge on any atom is -0.352 e. The fourth-order valence-electron chi connectivity index (χ4n) is 6.69. The van der Waals surface area contributed by atoms with Crippen LogP contribution in [0.1, 0.15) is 94.8 Å². The molecule has 1 aromatic carbocycles. The molecule has 3 saturated carbocycles. The maximum absolute atomic E-state index is 13.0. The lowest BCUT2D eigenvalue weighted by molar-refractivity contribution is -0.377. The van der Waals surface area contributed by atoms with Crippen molar-refractivity contribution >= 4 is 11.8 Å². The first-order chi connectivity index (χ1) is 16.8. The number of hydrogen-bond acceptors (Lipinski definition) is 4. The summed E-state index contributed by atoms with van der Waals surface area (Å²) in [5, 5.41) is 6.20. The van der Waals surface area contributed by atoms with Crippen molar-refractivity contribution < 1.29 is 23.8 Å². The largest absolute Gasteiger partial charge is 0.352 e. The van der Waals surface area contributed by atoms with Gasteiger partial charge in [-0.05, 0) is 87.0 Å². The highest BCUT2D eigenvalue weighted by Crippen LogP contribution is 2.48. The summed E-state index contributed by atoms with van der Waals surface area (Å²) < 4.78 is 13.0. The lowest BCUT2D eigenvalue weighted by atomic mass is 9.60. The van der Waals surface area contributed by atoms with Gasteiger partial charge >= 0.3 is 0 Å². The molecule has 3 aliphatic rings. The first-order valence-electron chi connectivity index (χ1n) is 13.5. The molecular formula is C28H41FN2O4. The first kappa shape index (κ1) is 26.1. The predicted molar refractivity (Wildman–Crippen MR) is 132 cm³/mol. The Morgan fingerprint density at radius 1 is 1.03 bits per heavy atom. The van der Waals surface area contributed by atoms with Gasteiger partial charge < -0.3 is 10.6 Å². The smallest absolute Gasteiger partial charge is 0.251 e. The van der Waals surface area contributed by atoms with Crippen LogP contribution < -0.4 is 10.6 Å². The van der Waals surface area contributed by atoms with Gasteiger partial charge in [0.05, 0.1) is 12.2 Å². The van der Waals surface area contributed by atoms with Gasteiger partial charge in [0.1, 0.15) is 5.82 Å². The Bertz CT molecular complexity index is 853. The lowest BCUT2D eigenvalue weighted by Crippen LogP contribution is -2.60.